The highest BCUT2D eigenvalue weighted by Crippen LogP contribution is 2.17. The van der Waals surface area contributed by atoms with Crippen LogP contribution in [0.2, 0.25) is 0 Å². The van der Waals surface area contributed by atoms with E-state index in [9.17, 15) is 14.0 Å². The summed E-state index contributed by atoms with van der Waals surface area (Å²) in [7, 11) is 0. The van der Waals surface area contributed by atoms with Crippen molar-refractivity contribution in [2.75, 3.05) is 13.1 Å². The van der Waals surface area contributed by atoms with Crippen LogP contribution in [0.4, 0.5) is 4.39 Å². The van der Waals surface area contributed by atoms with E-state index in [1.165, 1.54) is 21.7 Å². The number of aromatic nitrogens is 2. The number of halogens is 1. The van der Waals surface area contributed by atoms with Crippen molar-refractivity contribution in [1.29, 1.82) is 0 Å². The third kappa shape index (κ3) is 3.53. The van der Waals surface area contributed by atoms with Crippen LogP contribution in [0.25, 0.3) is 5.69 Å². The first-order valence-corrected chi connectivity index (χ1v) is 7.85. The van der Waals surface area contributed by atoms with Crippen molar-refractivity contribution in [3.05, 3.63) is 47.5 Å². The van der Waals surface area contributed by atoms with Crippen molar-refractivity contribution < 1.29 is 23.8 Å². The van der Waals surface area contributed by atoms with Crippen molar-refractivity contribution in [2.24, 2.45) is 0 Å². The average molecular weight is 347 g/mol. The van der Waals surface area contributed by atoms with Gasteiger partial charge < -0.3 is 14.7 Å². The van der Waals surface area contributed by atoms with Gasteiger partial charge in [-0.3, -0.25) is 4.79 Å². The number of aliphatic carboxylic acids is 1. The predicted octanol–water partition coefficient (Wildman–Crippen LogP) is 1.63. The lowest BCUT2D eigenvalue weighted by Gasteiger charge is -2.34. The summed E-state index contributed by atoms with van der Waals surface area (Å²) in [5, 5.41) is 13.4. The number of ether oxygens (including phenoxy) is 1. The number of aryl methyl sites for hydroxylation is 1. The second-order valence-electron chi connectivity index (χ2n) is 6.06. The molecule has 8 heteroatoms. The van der Waals surface area contributed by atoms with E-state index in [-0.39, 0.29) is 30.1 Å². The predicted molar refractivity (Wildman–Crippen MR) is 86.1 cm³/mol. The van der Waals surface area contributed by atoms with E-state index < -0.39 is 12.1 Å². The Morgan fingerprint density at radius 2 is 2.08 bits per heavy atom. The maximum atomic E-state index is 13.2. The van der Waals surface area contributed by atoms with E-state index in [4.69, 9.17) is 9.84 Å². The molecular weight excluding hydrogens is 329 g/mol. The lowest BCUT2D eigenvalue weighted by Crippen LogP contribution is -2.51. The molecule has 3 rings (SSSR count). The fourth-order valence-electron chi connectivity index (χ4n) is 2.86. The molecule has 1 N–H and O–H groups in total. The molecule has 0 radical (unpaired) electrons. The molecule has 2 aromatic rings. The molecule has 1 aromatic carbocycles. The van der Waals surface area contributed by atoms with Crippen LogP contribution in [0.1, 0.15) is 23.0 Å². The summed E-state index contributed by atoms with van der Waals surface area (Å²) in [6.07, 6.45) is 0.195. The van der Waals surface area contributed by atoms with Gasteiger partial charge in [-0.15, -0.1) is 0 Å². The second-order valence-corrected chi connectivity index (χ2v) is 6.06. The zero-order chi connectivity index (χ0) is 18.1. The van der Waals surface area contributed by atoms with Gasteiger partial charge in [-0.2, -0.15) is 5.10 Å². The molecule has 1 saturated heterocycles. The number of carboxylic acid groups (broad SMARTS) is 1. The molecular formula is C17H18FN3O4. The lowest BCUT2D eigenvalue weighted by molar-refractivity contribution is -0.160. The van der Waals surface area contributed by atoms with Crippen molar-refractivity contribution in [3.8, 4) is 5.69 Å². The fraction of sp³-hybridized carbons (Fsp3) is 0.353. The molecule has 1 fully saturated rings. The zero-order valence-electron chi connectivity index (χ0n) is 13.8. The number of benzene rings is 1. The molecule has 7 nitrogen and oxygen atoms in total. The molecule has 1 amide bonds. The van der Waals surface area contributed by atoms with Crippen LogP contribution < -0.4 is 0 Å². The van der Waals surface area contributed by atoms with Crippen LogP contribution in [0.5, 0.6) is 0 Å². The van der Waals surface area contributed by atoms with E-state index in [2.05, 4.69) is 5.10 Å². The van der Waals surface area contributed by atoms with E-state index in [1.807, 2.05) is 0 Å². The second kappa shape index (κ2) is 6.64. The average Bonchev–Trinajstić information content (AvgIpc) is 3.03. The van der Waals surface area contributed by atoms with E-state index in [0.29, 0.717) is 17.8 Å². The first-order valence-electron chi connectivity index (χ1n) is 7.85. The first-order chi connectivity index (χ1) is 11.8. The summed E-state index contributed by atoms with van der Waals surface area (Å²) in [6, 6.07) is 5.86. The fourth-order valence-corrected chi connectivity index (χ4v) is 2.86. The monoisotopic (exact) mass is 347 g/mol. The Balaban J connectivity index is 1.82. The summed E-state index contributed by atoms with van der Waals surface area (Å²) >= 11 is 0. The lowest BCUT2D eigenvalue weighted by atomic mass is 10.2. The Labute approximate surface area is 143 Å². The van der Waals surface area contributed by atoms with Crippen molar-refractivity contribution in [1.82, 2.24) is 14.7 Å². The quantitative estimate of drug-likeness (QED) is 0.912. The summed E-state index contributed by atoms with van der Waals surface area (Å²) in [4.78, 5) is 25.2. The summed E-state index contributed by atoms with van der Waals surface area (Å²) < 4.78 is 20.0. The Hall–Kier alpha value is -2.74. The third-order valence-electron chi connectivity index (χ3n) is 4.04. The minimum Gasteiger partial charge on any atom is -0.479 e. The molecule has 0 aliphatic carbocycles. The Morgan fingerprint density at radius 1 is 1.32 bits per heavy atom. The minimum absolute atomic E-state index is 0.0268. The van der Waals surface area contributed by atoms with Gasteiger partial charge in [-0.25, -0.2) is 13.9 Å². The SMILES string of the molecule is Cc1cc(F)ccc1-n1ccc(C(=O)N2CC(C(=O)O)O[C@H](C)C2)n1. The Bertz CT molecular complexity index is 820. The highest BCUT2D eigenvalue weighted by Gasteiger charge is 2.33. The van der Waals surface area contributed by atoms with Gasteiger partial charge in [0.25, 0.3) is 5.91 Å². The number of carboxylic acids is 1. The van der Waals surface area contributed by atoms with Crippen LogP contribution in [-0.2, 0) is 9.53 Å². The number of carbonyl (C=O) groups excluding carboxylic acids is 1. The van der Waals surface area contributed by atoms with Crippen LogP contribution in [-0.4, -0.2) is 57.0 Å². The van der Waals surface area contributed by atoms with Gasteiger partial charge in [-0.1, -0.05) is 0 Å². The van der Waals surface area contributed by atoms with E-state index >= 15 is 0 Å². The number of rotatable bonds is 3. The van der Waals surface area contributed by atoms with Gasteiger partial charge in [-0.05, 0) is 43.7 Å². The van der Waals surface area contributed by atoms with Crippen LogP contribution in [0.3, 0.4) is 0 Å². The van der Waals surface area contributed by atoms with Gasteiger partial charge in [0.1, 0.15) is 5.82 Å². The first kappa shape index (κ1) is 17.1. The third-order valence-corrected chi connectivity index (χ3v) is 4.04. The largest absolute Gasteiger partial charge is 0.479 e. The molecule has 1 aliphatic rings. The molecule has 0 saturated carbocycles. The highest BCUT2D eigenvalue weighted by atomic mass is 19.1. The molecule has 132 valence electrons. The molecule has 1 aromatic heterocycles. The topological polar surface area (TPSA) is 84.7 Å². The maximum Gasteiger partial charge on any atom is 0.334 e. The molecule has 0 bridgehead atoms. The smallest absolute Gasteiger partial charge is 0.334 e. The highest BCUT2D eigenvalue weighted by molar-refractivity contribution is 5.92. The van der Waals surface area contributed by atoms with Crippen LogP contribution >= 0.6 is 0 Å². The molecule has 2 heterocycles. The number of carbonyl (C=O) groups is 2. The van der Waals surface area contributed by atoms with Gasteiger partial charge >= 0.3 is 5.97 Å². The van der Waals surface area contributed by atoms with Gasteiger partial charge in [0.05, 0.1) is 18.3 Å². The van der Waals surface area contributed by atoms with Crippen molar-refractivity contribution in [2.45, 2.75) is 26.1 Å². The Morgan fingerprint density at radius 3 is 2.76 bits per heavy atom. The number of hydrogen-bond donors (Lipinski definition) is 1. The molecule has 2 atom stereocenters. The van der Waals surface area contributed by atoms with E-state index in [1.54, 1.807) is 32.2 Å². The number of nitrogens with zero attached hydrogens (tertiary/aromatic N) is 3. The van der Waals surface area contributed by atoms with E-state index in [0.717, 1.165) is 0 Å². The molecule has 25 heavy (non-hydrogen) atoms. The number of morpholine rings is 1. The molecule has 1 aliphatic heterocycles. The van der Waals surface area contributed by atoms with Crippen LogP contribution in [0, 0.1) is 12.7 Å². The van der Waals surface area contributed by atoms with Crippen molar-refractivity contribution >= 4 is 11.9 Å². The molecule has 1 unspecified atom stereocenters. The number of amides is 1. The zero-order valence-corrected chi connectivity index (χ0v) is 13.8. The normalized spacial score (nSPS) is 20.5. The van der Waals surface area contributed by atoms with Gasteiger partial charge in [0.2, 0.25) is 0 Å². The van der Waals surface area contributed by atoms with Crippen LogP contribution in [0.15, 0.2) is 30.5 Å². The standard InChI is InChI=1S/C17H18FN3O4/c1-10-7-12(18)3-4-14(10)21-6-5-13(19-21)16(22)20-8-11(2)25-15(9-20)17(23)24/h3-7,11,15H,8-9H2,1-2H3,(H,23,24)/t11-,15?/m1/s1. The summed E-state index contributed by atoms with van der Waals surface area (Å²) in [5.74, 6) is -1.80. The Kier molecular flexibility index (Phi) is 4.54. The summed E-state index contributed by atoms with van der Waals surface area (Å²) in [6.45, 7) is 3.74. The minimum atomic E-state index is -1.10. The van der Waals surface area contributed by atoms with Gasteiger partial charge in [0, 0.05) is 12.7 Å². The molecule has 0 spiro atoms. The van der Waals surface area contributed by atoms with Gasteiger partial charge in [0.15, 0.2) is 11.8 Å². The van der Waals surface area contributed by atoms with Crippen molar-refractivity contribution in [3.63, 3.8) is 0 Å². The summed E-state index contributed by atoms with van der Waals surface area (Å²) in [5.41, 5.74) is 1.55. The number of hydrogen-bond acceptors (Lipinski definition) is 4. The maximum absolute atomic E-state index is 13.2.